The molecular weight excluding hydrogens is 376 g/mol. The largest absolute Gasteiger partial charge is 0.360 e. The number of hydrogen-bond acceptors (Lipinski definition) is 3. The first-order chi connectivity index (χ1) is 14.6. The molecule has 30 heavy (non-hydrogen) atoms. The molecule has 0 unspecified atom stereocenters. The molecule has 6 nitrogen and oxygen atoms in total. The van der Waals surface area contributed by atoms with E-state index in [4.69, 9.17) is 0 Å². The van der Waals surface area contributed by atoms with Gasteiger partial charge in [0.15, 0.2) is 0 Å². The van der Waals surface area contributed by atoms with Crippen molar-refractivity contribution in [3.05, 3.63) is 71.9 Å². The van der Waals surface area contributed by atoms with Gasteiger partial charge in [0.25, 0.3) is 5.91 Å². The van der Waals surface area contributed by atoms with Crippen LogP contribution in [0.1, 0.15) is 28.8 Å². The quantitative estimate of drug-likeness (QED) is 0.664. The Bertz CT molecular complexity index is 1010. The van der Waals surface area contributed by atoms with E-state index in [-0.39, 0.29) is 24.4 Å². The first kappa shape index (κ1) is 20.2. The van der Waals surface area contributed by atoms with E-state index < -0.39 is 0 Å². The Morgan fingerprint density at radius 1 is 1.07 bits per heavy atom. The highest BCUT2D eigenvalue weighted by Crippen LogP contribution is 2.19. The Labute approximate surface area is 176 Å². The molecule has 1 aromatic heterocycles. The van der Waals surface area contributed by atoms with Gasteiger partial charge in [-0.1, -0.05) is 48.5 Å². The molecule has 0 saturated carbocycles. The van der Waals surface area contributed by atoms with Crippen LogP contribution in [0.3, 0.4) is 0 Å². The normalized spacial score (nSPS) is 15.2. The Balaban J connectivity index is 1.25. The standard InChI is InChI=1S/C24H28N4O2/c1-27(24(30)21-15-25-22-10-6-5-9-20(21)22)17-23(29)26-19-11-13-28(14-12-19)16-18-7-3-2-4-8-18/h2-10,15,19,25H,11-14,16-17H2,1H3,(H,26,29). The van der Waals surface area contributed by atoms with Crippen molar-refractivity contribution in [1.29, 1.82) is 0 Å². The lowest BCUT2D eigenvalue weighted by Crippen LogP contribution is -2.47. The van der Waals surface area contributed by atoms with Gasteiger partial charge in [-0.15, -0.1) is 0 Å². The van der Waals surface area contributed by atoms with Crippen LogP contribution in [-0.4, -0.2) is 59.3 Å². The van der Waals surface area contributed by atoms with Crippen LogP contribution in [0.5, 0.6) is 0 Å². The molecule has 2 heterocycles. The third-order valence-corrected chi connectivity index (χ3v) is 5.75. The second-order valence-electron chi connectivity index (χ2n) is 8.01. The number of benzene rings is 2. The first-order valence-corrected chi connectivity index (χ1v) is 10.5. The van der Waals surface area contributed by atoms with Gasteiger partial charge in [0.2, 0.25) is 5.91 Å². The van der Waals surface area contributed by atoms with Gasteiger partial charge in [0.1, 0.15) is 0 Å². The van der Waals surface area contributed by atoms with Crippen LogP contribution in [0, 0.1) is 0 Å². The number of para-hydroxylation sites is 1. The maximum atomic E-state index is 12.8. The number of H-pyrrole nitrogens is 1. The van der Waals surface area contributed by atoms with Crippen molar-refractivity contribution in [2.45, 2.75) is 25.4 Å². The molecule has 2 amide bonds. The second kappa shape index (κ2) is 9.13. The molecule has 1 aliphatic rings. The number of hydrogen-bond donors (Lipinski definition) is 2. The number of fused-ring (bicyclic) bond motifs is 1. The minimum absolute atomic E-state index is 0.0581. The zero-order valence-corrected chi connectivity index (χ0v) is 17.3. The predicted molar refractivity (Wildman–Crippen MR) is 118 cm³/mol. The number of aromatic nitrogens is 1. The summed E-state index contributed by atoms with van der Waals surface area (Å²) in [6.45, 7) is 2.93. The Hall–Kier alpha value is -3.12. The Morgan fingerprint density at radius 3 is 2.53 bits per heavy atom. The van der Waals surface area contributed by atoms with Crippen LogP contribution in [0.4, 0.5) is 0 Å². The predicted octanol–water partition coefficient (Wildman–Crippen LogP) is 3.02. The summed E-state index contributed by atoms with van der Waals surface area (Å²) >= 11 is 0. The lowest BCUT2D eigenvalue weighted by Gasteiger charge is -2.32. The van der Waals surface area contributed by atoms with E-state index in [2.05, 4.69) is 39.5 Å². The van der Waals surface area contributed by atoms with Crippen LogP contribution in [0.15, 0.2) is 60.8 Å². The molecule has 1 fully saturated rings. The highest BCUT2D eigenvalue weighted by Gasteiger charge is 2.23. The van der Waals surface area contributed by atoms with E-state index in [0.717, 1.165) is 43.4 Å². The van der Waals surface area contributed by atoms with Crippen molar-refractivity contribution in [2.24, 2.45) is 0 Å². The van der Waals surface area contributed by atoms with Crippen molar-refractivity contribution >= 4 is 22.7 Å². The average Bonchev–Trinajstić information content (AvgIpc) is 3.19. The van der Waals surface area contributed by atoms with Crippen LogP contribution < -0.4 is 5.32 Å². The molecule has 0 bridgehead atoms. The van der Waals surface area contributed by atoms with Crippen molar-refractivity contribution in [2.75, 3.05) is 26.7 Å². The van der Waals surface area contributed by atoms with E-state index in [1.165, 1.54) is 10.5 Å². The molecule has 2 N–H and O–H groups in total. The van der Waals surface area contributed by atoms with Crippen molar-refractivity contribution in [3.8, 4) is 0 Å². The second-order valence-corrected chi connectivity index (χ2v) is 8.01. The highest BCUT2D eigenvalue weighted by atomic mass is 16.2. The number of nitrogens with one attached hydrogen (secondary N) is 2. The summed E-state index contributed by atoms with van der Waals surface area (Å²) in [4.78, 5) is 32.3. The van der Waals surface area contributed by atoms with Crippen molar-refractivity contribution < 1.29 is 9.59 Å². The minimum Gasteiger partial charge on any atom is -0.360 e. The van der Waals surface area contributed by atoms with Gasteiger partial charge >= 0.3 is 0 Å². The molecular formula is C24H28N4O2. The number of aromatic amines is 1. The zero-order chi connectivity index (χ0) is 20.9. The summed E-state index contributed by atoms with van der Waals surface area (Å²) in [7, 11) is 1.67. The van der Waals surface area contributed by atoms with Gasteiger partial charge < -0.3 is 15.2 Å². The zero-order valence-electron chi connectivity index (χ0n) is 17.3. The number of piperidine rings is 1. The lowest BCUT2D eigenvalue weighted by atomic mass is 10.0. The smallest absolute Gasteiger partial charge is 0.256 e. The maximum Gasteiger partial charge on any atom is 0.256 e. The van der Waals surface area contributed by atoms with Gasteiger partial charge in [-0.05, 0) is 24.5 Å². The third kappa shape index (κ3) is 4.71. The molecule has 1 saturated heterocycles. The third-order valence-electron chi connectivity index (χ3n) is 5.75. The van der Waals surface area contributed by atoms with Crippen molar-refractivity contribution in [3.63, 3.8) is 0 Å². The molecule has 2 aromatic carbocycles. The summed E-state index contributed by atoms with van der Waals surface area (Å²) < 4.78 is 0. The number of carbonyl (C=O) groups is 2. The van der Waals surface area contributed by atoms with Gasteiger partial charge in [-0.2, -0.15) is 0 Å². The fourth-order valence-electron chi connectivity index (χ4n) is 4.09. The molecule has 0 radical (unpaired) electrons. The Morgan fingerprint density at radius 2 is 1.77 bits per heavy atom. The lowest BCUT2D eigenvalue weighted by molar-refractivity contribution is -0.122. The van der Waals surface area contributed by atoms with Crippen LogP contribution >= 0.6 is 0 Å². The summed E-state index contributed by atoms with van der Waals surface area (Å²) in [6, 6.07) is 18.3. The topological polar surface area (TPSA) is 68.4 Å². The number of likely N-dealkylation sites (N-methyl/N-ethyl adjacent to an activating group) is 1. The fraction of sp³-hybridized carbons (Fsp3) is 0.333. The van der Waals surface area contributed by atoms with Gasteiger partial charge in [-0.3, -0.25) is 14.5 Å². The van der Waals surface area contributed by atoms with Gasteiger partial charge in [-0.25, -0.2) is 0 Å². The highest BCUT2D eigenvalue weighted by molar-refractivity contribution is 6.07. The number of likely N-dealkylation sites (tertiary alicyclic amines) is 1. The molecule has 156 valence electrons. The molecule has 0 aliphatic carbocycles. The minimum atomic E-state index is -0.153. The molecule has 4 rings (SSSR count). The Kier molecular flexibility index (Phi) is 6.14. The number of amides is 2. The SMILES string of the molecule is CN(CC(=O)NC1CCN(Cc2ccccc2)CC1)C(=O)c1c[nH]c2ccccc12. The number of rotatable bonds is 6. The van der Waals surface area contributed by atoms with Crippen LogP contribution in [0.2, 0.25) is 0 Å². The summed E-state index contributed by atoms with van der Waals surface area (Å²) in [5.74, 6) is -0.257. The number of nitrogens with zero attached hydrogens (tertiary/aromatic N) is 2. The molecule has 0 spiro atoms. The molecule has 1 aliphatic heterocycles. The van der Waals surface area contributed by atoms with E-state index in [9.17, 15) is 9.59 Å². The van der Waals surface area contributed by atoms with Crippen LogP contribution in [0.25, 0.3) is 10.9 Å². The summed E-state index contributed by atoms with van der Waals surface area (Å²) in [6.07, 6.45) is 3.57. The van der Waals surface area contributed by atoms with E-state index in [1.54, 1.807) is 13.2 Å². The molecule has 0 atom stereocenters. The number of carbonyl (C=O) groups excluding carboxylic acids is 2. The van der Waals surface area contributed by atoms with E-state index >= 15 is 0 Å². The van der Waals surface area contributed by atoms with Gasteiger partial charge in [0.05, 0.1) is 12.1 Å². The van der Waals surface area contributed by atoms with E-state index in [0.29, 0.717) is 5.56 Å². The first-order valence-electron chi connectivity index (χ1n) is 10.5. The maximum absolute atomic E-state index is 12.8. The summed E-state index contributed by atoms with van der Waals surface area (Å²) in [5.41, 5.74) is 2.83. The van der Waals surface area contributed by atoms with Gasteiger partial charge in [0, 0.05) is 49.8 Å². The summed E-state index contributed by atoms with van der Waals surface area (Å²) in [5, 5.41) is 3.98. The average molecular weight is 405 g/mol. The van der Waals surface area contributed by atoms with Crippen molar-refractivity contribution in [1.82, 2.24) is 20.1 Å². The van der Waals surface area contributed by atoms with Crippen LogP contribution in [-0.2, 0) is 11.3 Å². The van der Waals surface area contributed by atoms with E-state index in [1.807, 2.05) is 30.3 Å². The molecule has 6 heteroatoms. The monoisotopic (exact) mass is 404 g/mol. The fourth-order valence-corrected chi connectivity index (χ4v) is 4.09. The molecule has 3 aromatic rings.